The highest BCUT2D eigenvalue weighted by Gasteiger charge is 2.25. The molecular weight excluding hydrogens is 292 g/mol. The highest BCUT2D eigenvalue weighted by molar-refractivity contribution is 5.67. The zero-order valence-electron chi connectivity index (χ0n) is 13.7. The Balaban J connectivity index is 1.37. The van der Waals surface area contributed by atoms with Gasteiger partial charge in [-0.05, 0) is 24.3 Å². The smallest absolute Gasteiger partial charge is 0.410 e. The summed E-state index contributed by atoms with van der Waals surface area (Å²) in [5, 5.41) is 0. The van der Waals surface area contributed by atoms with Gasteiger partial charge in [0.25, 0.3) is 0 Å². The molecule has 0 bridgehead atoms. The van der Waals surface area contributed by atoms with Crippen LogP contribution in [0.1, 0.15) is 18.4 Å². The number of morpholine rings is 1. The highest BCUT2D eigenvalue weighted by atomic mass is 16.6. The minimum absolute atomic E-state index is 0.182. The third kappa shape index (κ3) is 4.94. The molecule has 0 aromatic heterocycles. The van der Waals surface area contributed by atoms with Gasteiger partial charge in [-0.1, -0.05) is 30.3 Å². The summed E-state index contributed by atoms with van der Waals surface area (Å²) < 4.78 is 10.8. The molecule has 0 radical (unpaired) electrons. The Bertz CT molecular complexity index is 480. The van der Waals surface area contributed by atoms with E-state index in [4.69, 9.17) is 9.47 Å². The van der Waals surface area contributed by atoms with Crippen LogP contribution in [0.3, 0.4) is 0 Å². The van der Waals surface area contributed by atoms with Crippen molar-refractivity contribution < 1.29 is 14.3 Å². The lowest BCUT2D eigenvalue weighted by atomic mass is 9.96. The van der Waals surface area contributed by atoms with E-state index in [0.29, 0.717) is 12.5 Å². The van der Waals surface area contributed by atoms with Crippen molar-refractivity contribution in [1.82, 2.24) is 9.80 Å². The van der Waals surface area contributed by atoms with Gasteiger partial charge in [0, 0.05) is 32.7 Å². The summed E-state index contributed by atoms with van der Waals surface area (Å²) in [6.45, 7) is 6.89. The molecule has 0 spiro atoms. The molecule has 1 aromatic carbocycles. The van der Waals surface area contributed by atoms with E-state index in [1.807, 2.05) is 35.2 Å². The van der Waals surface area contributed by atoms with Crippen LogP contribution >= 0.6 is 0 Å². The second-order valence-electron chi connectivity index (χ2n) is 6.38. The molecule has 0 atom stereocenters. The van der Waals surface area contributed by atoms with Crippen LogP contribution in [0.2, 0.25) is 0 Å². The number of piperidine rings is 1. The molecule has 0 unspecified atom stereocenters. The summed E-state index contributed by atoms with van der Waals surface area (Å²) in [6, 6.07) is 9.83. The van der Waals surface area contributed by atoms with Crippen molar-refractivity contribution in [3.05, 3.63) is 35.9 Å². The number of hydrogen-bond donors (Lipinski definition) is 0. The molecule has 0 aliphatic carbocycles. The van der Waals surface area contributed by atoms with Crippen LogP contribution in [-0.2, 0) is 16.1 Å². The topological polar surface area (TPSA) is 42.0 Å². The van der Waals surface area contributed by atoms with Crippen LogP contribution in [0.15, 0.2) is 30.3 Å². The maximum atomic E-state index is 12.1. The molecule has 2 heterocycles. The average molecular weight is 318 g/mol. The third-order valence-electron chi connectivity index (χ3n) is 4.70. The maximum absolute atomic E-state index is 12.1. The monoisotopic (exact) mass is 318 g/mol. The van der Waals surface area contributed by atoms with Crippen molar-refractivity contribution in [2.24, 2.45) is 5.92 Å². The predicted octanol–water partition coefficient (Wildman–Crippen LogP) is 2.37. The molecule has 2 saturated heterocycles. The minimum Gasteiger partial charge on any atom is -0.445 e. The van der Waals surface area contributed by atoms with Gasteiger partial charge in [0.05, 0.1) is 13.2 Å². The lowest BCUT2D eigenvalue weighted by Crippen LogP contribution is -2.44. The molecule has 1 amide bonds. The number of rotatable bonds is 4. The van der Waals surface area contributed by atoms with E-state index in [1.54, 1.807) is 0 Å². The standard InChI is InChI=1S/C18H26N2O3/c21-18(23-15-17-4-2-1-3-5-17)20-8-6-16(7-9-20)14-19-10-12-22-13-11-19/h1-5,16H,6-15H2. The molecular formula is C18H26N2O3. The van der Waals surface area contributed by atoms with Crippen LogP contribution in [0, 0.1) is 5.92 Å². The van der Waals surface area contributed by atoms with E-state index < -0.39 is 0 Å². The van der Waals surface area contributed by atoms with E-state index in [-0.39, 0.29) is 6.09 Å². The summed E-state index contributed by atoms with van der Waals surface area (Å²) in [7, 11) is 0. The Hall–Kier alpha value is -1.59. The van der Waals surface area contributed by atoms with Crippen molar-refractivity contribution in [2.75, 3.05) is 45.9 Å². The molecule has 2 aliphatic heterocycles. The van der Waals surface area contributed by atoms with E-state index in [0.717, 1.165) is 64.3 Å². The van der Waals surface area contributed by atoms with Crippen LogP contribution in [-0.4, -0.2) is 61.8 Å². The molecule has 5 heteroatoms. The van der Waals surface area contributed by atoms with Gasteiger partial charge < -0.3 is 14.4 Å². The number of hydrogen-bond acceptors (Lipinski definition) is 4. The van der Waals surface area contributed by atoms with Gasteiger partial charge in [0.1, 0.15) is 6.61 Å². The first-order chi connectivity index (χ1) is 11.3. The number of amides is 1. The van der Waals surface area contributed by atoms with Crippen LogP contribution in [0.25, 0.3) is 0 Å². The van der Waals surface area contributed by atoms with Crippen LogP contribution in [0.4, 0.5) is 4.79 Å². The van der Waals surface area contributed by atoms with Gasteiger partial charge in [-0.25, -0.2) is 4.79 Å². The number of nitrogens with zero attached hydrogens (tertiary/aromatic N) is 2. The fourth-order valence-electron chi connectivity index (χ4n) is 3.26. The second kappa shape index (κ2) is 8.31. The van der Waals surface area contributed by atoms with Gasteiger partial charge in [-0.3, -0.25) is 4.90 Å². The number of benzene rings is 1. The van der Waals surface area contributed by atoms with Gasteiger partial charge in [0.2, 0.25) is 0 Å². The molecule has 2 aliphatic rings. The Kier molecular flexibility index (Phi) is 5.88. The fraction of sp³-hybridized carbons (Fsp3) is 0.611. The van der Waals surface area contributed by atoms with Gasteiger partial charge in [-0.2, -0.15) is 0 Å². The van der Waals surface area contributed by atoms with Crippen molar-refractivity contribution in [1.29, 1.82) is 0 Å². The SMILES string of the molecule is O=C(OCc1ccccc1)N1CCC(CN2CCOCC2)CC1. The van der Waals surface area contributed by atoms with E-state index in [1.165, 1.54) is 0 Å². The zero-order chi connectivity index (χ0) is 15.9. The van der Waals surface area contributed by atoms with E-state index >= 15 is 0 Å². The molecule has 0 N–H and O–H groups in total. The molecule has 3 rings (SSSR count). The van der Waals surface area contributed by atoms with Gasteiger partial charge >= 0.3 is 6.09 Å². The first-order valence-corrected chi connectivity index (χ1v) is 8.57. The molecule has 126 valence electrons. The number of likely N-dealkylation sites (tertiary alicyclic amines) is 1. The van der Waals surface area contributed by atoms with Crippen molar-refractivity contribution in [3.63, 3.8) is 0 Å². The Labute approximate surface area is 138 Å². The third-order valence-corrected chi connectivity index (χ3v) is 4.70. The Morgan fingerprint density at radius 1 is 1.09 bits per heavy atom. The van der Waals surface area contributed by atoms with E-state index in [9.17, 15) is 4.79 Å². The Morgan fingerprint density at radius 2 is 1.78 bits per heavy atom. The molecule has 1 aromatic rings. The zero-order valence-corrected chi connectivity index (χ0v) is 13.7. The van der Waals surface area contributed by atoms with E-state index in [2.05, 4.69) is 4.90 Å². The summed E-state index contributed by atoms with van der Waals surface area (Å²) in [6.07, 6.45) is 1.95. The average Bonchev–Trinajstić information content (AvgIpc) is 2.62. The number of ether oxygens (including phenoxy) is 2. The first kappa shape index (κ1) is 16.3. The molecule has 23 heavy (non-hydrogen) atoms. The van der Waals surface area contributed by atoms with Gasteiger partial charge in [0.15, 0.2) is 0 Å². The van der Waals surface area contributed by atoms with Crippen molar-refractivity contribution >= 4 is 6.09 Å². The highest BCUT2D eigenvalue weighted by Crippen LogP contribution is 2.20. The van der Waals surface area contributed by atoms with Gasteiger partial charge in [-0.15, -0.1) is 0 Å². The van der Waals surface area contributed by atoms with Crippen molar-refractivity contribution in [3.8, 4) is 0 Å². The Morgan fingerprint density at radius 3 is 2.48 bits per heavy atom. The normalized spacial score (nSPS) is 20.4. The first-order valence-electron chi connectivity index (χ1n) is 8.57. The van der Waals surface area contributed by atoms with Crippen molar-refractivity contribution in [2.45, 2.75) is 19.4 Å². The lowest BCUT2D eigenvalue weighted by Gasteiger charge is -2.35. The summed E-state index contributed by atoms with van der Waals surface area (Å²) in [4.78, 5) is 16.5. The number of carbonyl (C=O) groups is 1. The summed E-state index contributed by atoms with van der Waals surface area (Å²) in [5.74, 6) is 0.686. The fourth-order valence-corrected chi connectivity index (χ4v) is 3.26. The van der Waals surface area contributed by atoms with Crippen LogP contribution in [0.5, 0.6) is 0 Å². The molecule has 2 fully saturated rings. The minimum atomic E-state index is -0.182. The quantitative estimate of drug-likeness (QED) is 0.855. The lowest BCUT2D eigenvalue weighted by molar-refractivity contribution is 0.0234. The second-order valence-corrected chi connectivity index (χ2v) is 6.38. The number of carbonyl (C=O) groups excluding carboxylic acids is 1. The van der Waals surface area contributed by atoms with Crippen LogP contribution < -0.4 is 0 Å². The molecule has 5 nitrogen and oxygen atoms in total. The maximum Gasteiger partial charge on any atom is 0.410 e. The largest absolute Gasteiger partial charge is 0.445 e. The predicted molar refractivity (Wildman–Crippen MR) is 88.2 cm³/mol. The summed E-state index contributed by atoms with van der Waals surface area (Å²) in [5.41, 5.74) is 1.03. The summed E-state index contributed by atoms with van der Waals surface area (Å²) >= 11 is 0. The molecule has 0 saturated carbocycles.